The lowest BCUT2D eigenvalue weighted by molar-refractivity contribution is 1.46. The van der Waals surface area contributed by atoms with Crippen molar-refractivity contribution >= 4 is 6.15 Å². The first-order chi connectivity index (χ1) is 17.9. The Morgan fingerprint density at radius 3 is 0.703 bits per heavy atom. The van der Waals surface area contributed by atoms with Crippen LogP contribution in [-0.2, 0) is 0 Å². The molecule has 0 saturated carbocycles. The predicted octanol–water partition coefficient (Wildman–Crippen LogP) is 7.03. The van der Waals surface area contributed by atoms with Gasteiger partial charge in [-0.25, -0.2) is 0 Å². The standard InChI is InChI=1S/C36H28B/c1-29-5-13-33(14-6-29)21-25-37(26-22-34-15-7-30(2)8-16-34,27-23-35-17-9-31(3)10-18-35)28-24-36-19-11-32(4)12-20-36/h5-20H,1-4H3/q-1. The minimum Gasteiger partial charge on any atom is -0.265 e. The number of benzene rings is 4. The Kier molecular flexibility index (Phi) is 8.03. The molecule has 0 aromatic heterocycles. The Balaban J connectivity index is 1.89. The van der Waals surface area contributed by atoms with Crippen molar-refractivity contribution in [3.05, 3.63) is 142 Å². The smallest absolute Gasteiger partial charge is 0.265 e. The largest absolute Gasteiger partial charge is 0.272 e. The minimum absolute atomic E-state index is 0.920. The molecule has 0 fully saturated rings. The molecule has 0 aliphatic heterocycles. The third-order valence-corrected chi connectivity index (χ3v) is 5.94. The summed E-state index contributed by atoms with van der Waals surface area (Å²) in [5.41, 5.74) is 8.46. The molecule has 0 nitrogen and oxygen atoms in total. The Morgan fingerprint density at radius 1 is 0.324 bits per heavy atom. The highest BCUT2D eigenvalue weighted by Crippen LogP contribution is 2.08. The molecule has 0 aliphatic rings. The van der Waals surface area contributed by atoms with Gasteiger partial charge >= 0.3 is 0 Å². The Hall–Kier alpha value is -4.82. The van der Waals surface area contributed by atoms with E-state index >= 15 is 0 Å². The van der Waals surface area contributed by atoms with Crippen molar-refractivity contribution in [2.75, 3.05) is 0 Å². The average Bonchev–Trinajstić information content (AvgIpc) is 2.91. The molecule has 0 unspecified atom stereocenters. The molecule has 0 atom stereocenters. The third kappa shape index (κ3) is 7.58. The van der Waals surface area contributed by atoms with Crippen LogP contribution in [0.4, 0.5) is 0 Å². The molecule has 0 saturated heterocycles. The maximum atomic E-state index is 3.41. The summed E-state index contributed by atoms with van der Waals surface area (Å²) >= 11 is 0. The number of rotatable bonds is 0. The minimum atomic E-state index is -1.99. The second-order valence-electron chi connectivity index (χ2n) is 9.41. The lowest BCUT2D eigenvalue weighted by atomic mass is 9.27. The van der Waals surface area contributed by atoms with E-state index < -0.39 is 6.15 Å². The van der Waals surface area contributed by atoms with Crippen molar-refractivity contribution in [3.63, 3.8) is 0 Å². The molecule has 0 bridgehead atoms. The summed E-state index contributed by atoms with van der Waals surface area (Å²) < 4.78 is 0. The molecule has 37 heavy (non-hydrogen) atoms. The highest BCUT2D eigenvalue weighted by molar-refractivity contribution is 7.06. The van der Waals surface area contributed by atoms with Gasteiger partial charge < -0.3 is 0 Å². The second-order valence-corrected chi connectivity index (χ2v) is 9.41. The zero-order chi connectivity index (χ0) is 26.1. The van der Waals surface area contributed by atoms with Gasteiger partial charge in [0, 0.05) is 22.3 Å². The molecule has 0 heterocycles. The van der Waals surface area contributed by atoms with E-state index in [-0.39, 0.29) is 0 Å². The average molecular weight is 471 g/mol. The van der Waals surface area contributed by atoms with Gasteiger partial charge in [0.05, 0.1) is 0 Å². The van der Waals surface area contributed by atoms with Gasteiger partial charge in [0.25, 0.3) is 6.15 Å². The van der Waals surface area contributed by atoms with Gasteiger partial charge in [0.15, 0.2) is 0 Å². The van der Waals surface area contributed by atoms with Crippen LogP contribution in [0.2, 0.25) is 0 Å². The van der Waals surface area contributed by atoms with Crippen molar-refractivity contribution < 1.29 is 0 Å². The molecule has 4 aromatic carbocycles. The Bertz CT molecular complexity index is 1360. The topological polar surface area (TPSA) is 0 Å². The molecule has 4 aromatic rings. The molecular weight excluding hydrogens is 443 g/mol. The van der Waals surface area contributed by atoms with Crippen LogP contribution >= 0.6 is 0 Å². The van der Waals surface area contributed by atoms with Crippen LogP contribution < -0.4 is 0 Å². The van der Waals surface area contributed by atoms with Gasteiger partial charge in [0.1, 0.15) is 0 Å². The molecule has 4 rings (SSSR count). The predicted molar refractivity (Wildman–Crippen MR) is 158 cm³/mol. The number of hydrogen-bond donors (Lipinski definition) is 0. The lowest BCUT2D eigenvalue weighted by Crippen LogP contribution is -2.29. The maximum absolute atomic E-state index is 3.41. The van der Waals surface area contributed by atoms with Gasteiger partial charge in [-0.15, -0.1) is 23.7 Å². The van der Waals surface area contributed by atoms with Crippen molar-refractivity contribution in [1.82, 2.24) is 0 Å². The first-order valence-corrected chi connectivity index (χ1v) is 12.4. The van der Waals surface area contributed by atoms with Crippen molar-refractivity contribution in [2.24, 2.45) is 0 Å². The molecule has 0 radical (unpaired) electrons. The molecule has 1 heteroatoms. The lowest BCUT2D eigenvalue weighted by Gasteiger charge is -2.16. The number of aryl methyl sites for hydroxylation is 4. The monoisotopic (exact) mass is 471 g/mol. The molecule has 0 amide bonds. The summed E-state index contributed by atoms with van der Waals surface area (Å²) in [6.07, 6.45) is -1.99. The SMILES string of the molecule is Cc1ccc(C#C[B-](C#Cc2ccc(C)cc2)(C#Cc2ccc(C)cc2)C#Cc2ccc(C)cc2)cc1. The zero-order valence-electron chi connectivity index (χ0n) is 21.8. The fraction of sp³-hybridized carbons (Fsp3) is 0.111. The normalized spacial score (nSPS) is 9.84. The van der Waals surface area contributed by atoms with E-state index in [2.05, 4.69) is 123 Å². The van der Waals surface area contributed by atoms with E-state index in [0.29, 0.717) is 0 Å². The first kappa shape index (κ1) is 25.3. The third-order valence-electron chi connectivity index (χ3n) is 5.94. The molecular formula is C36H28B-. The van der Waals surface area contributed by atoms with Crippen molar-refractivity contribution in [2.45, 2.75) is 27.7 Å². The molecule has 176 valence electrons. The van der Waals surface area contributed by atoms with E-state index in [0.717, 1.165) is 22.3 Å². The van der Waals surface area contributed by atoms with E-state index in [1.54, 1.807) is 0 Å². The van der Waals surface area contributed by atoms with E-state index in [9.17, 15) is 0 Å². The van der Waals surface area contributed by atoms with Crippen LogP contribution in [0.1, 0.15) is 44.5 Å². The van der Waals surface area contributed by atoms with Crippen LogP contribution in [0.5, 0.6) is 0 Å². The van der Waals surface area contributed by atoms with Gasteiger partial charge in [-0.05, 0) is 76.2 Å². The van der Waals surface area contributed by atoms with Crippen molar-refractivity contribution in [1.29, 1.82) is 0 Å². The maximum Gasteiger partial charge on any atom is 0.272 e. The molecule has 0 spiro atoms. The Morgan fingerprint density at radius 2 is 0.514 bits per heavy atom. The Labute approximate surface area is 222 Å². The summed E-state index contributed by atoms with van der Waals surface area (Å²) in [7, 11) is 0. The summed E-state index contributed by atoms with van der Waals surface area (Å²) in [5.74, 6) is 26.9. The van der Waals surface area contributed by atoms with Gasteiger partial charge in [-0.3, -0.25) is 23.3 Å². The quantitative estimate of drug-likeness (QED) is 0.191. The summed E-state index contributed by atoms with van der Waals surface area (Å²) in [5, 5.41) is 0. The molecule has 0 aliphatic carbocycles. The summed E-state index contributed by atoms with van der Waals surface area (Å²) in [6, 6.07) is 32.7. The van der Waals surface area contributed by atoms with Gasteiger partial charge in [0.2, 0.25) is 0 Å². The highest BCUT2D eigenvalue weighted by atomic mass is 13.9. The van der Waals surface area contributed by atoms with Crippen LogP contribution in [0, 0.1) is 74.7 Å². The van der Waals surface area contributed by atoms with E-state index in [1.807, 2.05) is 48.5 Å². The van der Waals surface area contributed by atoms with Crippen LogP contribution in [0.3, 0.4) is 0 Å². The van der Waals surface area contributed by atoms with Crippen LogP contribution in [-0.4, -0.2) is 6.15 Å². The summed E-state index contributed by atoms with van der Waals surface area (Å²) in [6.45, 7) is 8.27. The van der Waals surface area contributed by atoms with E-state index in [1.165, 1.54) is 22.3 Å². The molecule has 0 N–H and O–H groups in total. The number of hydrogen-bond acceptors (Lipinski definition) is 0. The van der Waals surface area contributed by atoms with Gasteiger partial charge in [-0.1, -0.05) is 70.8 Å². The van der Waals surface area contributed by atoms with Crippen LogP contribution in [0.25, 0.3) is 0 Å². The van der Waals surface area contributed by atoms with Crippen LogP contribution in [0.15, 0.2) is 97.1 Å². The zero-order valence-corrected chi connectivity index (χ0v) is 21.8. The van der Waals surface area contributed by atoms with Gasteiger partial charge in [-0.2, -0.15) is 0 Å². The van der Waals surface area contributed by atoms with Crippen molar-refractivity contribution in [3.8, 4) is 47.0 Å². The summed E-state index contributed by atoms with van der Waals surface area (Å²) in [4.78, 5) is 0. The fourth-order valence-corrected chi connectivity index (χ4v) is 3.53. The fourth-order valence-electron chi connectivity index (χ4n) is 3.53. The van der Waals surface area contributed by atoms with E-state index in [4.69, 9.17) is 0 Å². The highest BCUT2D eigenvalue weighted by Gasteiger charge is 2.13. The first-order valence-electron chi connectivity index (χ1n) is 12.4. The second kappa shape index (κ2) is 11.7.